The quantitative estimate of drug-likeness (QED) is 0.739. The molecule has 0 atom stereocenters. The molecule has 0 saturated heterocycles. The Labute approximate surface area is 149 Å². The molecule has 0 fully saturated rings. The van der Waals surface area contributed by atoms with Crippen molar-refractivity contribution in [3.05, 3.63) is 83.4 Å². The predicted octanol–water partition coefficient (Wildman–Crippen LogP) is 3.38. The van der Waals surface area contributed by atoms with Gasteiger partial charge in [-0.05, 0) is 42.0 Å². The van der Waals surface area contributed by atoms with Crippen LogP contribution in [0.2, 0.25) is 0 Å². The third kappa shape index (κ3) is 3.80. The van der Waals surface area contributed by atoms with Crippen molar-refractivity contribution in [3.63, 3.8) is 0 Å². The van der Waals surface area contributed by atoms with E-state index in [0.29, 0.717) is 16.9 Å². The van der Waals surface area contributed by atoms with Crippen molar-refractivity contribution >= 4 is 11.8 Å². The van der Waals surface area contributed by atoms with Crippen molar-refractivity contribution in [3.8, 4) is 11.3 Å². The summed E-state index contributed by atoms with van der Waals surface area (Å²) < 4.78 is 19.2. The van der Waals surface area contributed by atoms with E-state index < -0.39 is 11.7 Å². The van der Waals surface area contributed by atoms with Crippen LogP contribution in [0.15, 0.2) is 65.1 Å². The highest BCUT2D eigenvalue weighted by Crippen LogP contribution is 2.24. The molecular weight excluding hydrogens is 335 g/mol. The van der Waals surface area contributed by atoms with Crippen molar-refractivity contribution in [2.75, 3.05) is 7.05 Å². The average Bonchev–Trinajstić information content (AvgIpc) is 3.16. The van der Waals surface area contributed by atoms with Gasteiger partial charge < -0.3 is 15.1 Å². The molecule has 26 heavy (non-hydrogen) atoms. The number of carbonyl (C=O) groups excluding carboxylic acids is 2. The number of nitrogens with one attached hydrogen (secondary N) is 2. The van der Waals surface area contributed by atoms with Gasteiger partial charge in [0.1, 0.15) is 11.6 Å². The molecule has 6 heteroatoms. The van der Waals surface area contributed by atoms with Crippen LogP contribution in [-0.2, 0) is 6.54 Å². The Morgan fingerprint density at radius 1 is 0.962 bits per heavy atom. The number of hydrogen-bond donors (Lipinski definition) is 2. The molecule has 0 bridgehead atoms. The molecule has 5 nitrogen and oxygen atoms in total. The molecule has 0 unspecified atom stereocenters. The number of hydrogen-bond acceptors (Lipinski definition) is 3. The Morgan fingerprint density at radius 3 is 2.38 bits per heavy atom. The molecule has 2 amide bonds. The maximum Gasteiger partial charge on any atom is 0.287 e. The van der Waals surface area contributed by atoms with Crippen LogP contribution in [-0.4, -0.2) is 18.9 Å². The van der Waals surface area contributed by atoms with Crippen LogP contribution in [0.1, 0.15) is 26.5 Å². The number of halogens is 1. The van der Waals surface area contributed by atoms with Crippen LogP contribution in [0.3, 0.4) is 0 Å². The Balaban J connectivity index is 1.64. The van der Waals surface area contributed by atoms with E-state index in [1.54, 1.807) is 55.6 Å². The monoisotopic (exact) mass is 352 g/mol. The normalized spacial score (nSPS) is 10.4. The van der Waals surface area contributed by atoms with E-state index in [2.05, 4.69) is 10.6 Å². The second-order valence-corrected chi connectivity index (χ2v) is 5.60. The number of furan rings is 1. The molecule has 0 aliphatic carbocycles. The minimum absolute atomic E-state index is 0.102. The summed E-state index contributed by atoms with van der Waals surface area (Å²) in [5.41, 5.74) is 1.69. The van der Waals surface area contributed by atoms with Gasteiger partial charge in [0.25, 0.3) is 11.8 Å². The molecular formula is C20H17FN2O3. The first kappa shape index (κ1) is 17.4. The van der Waals surface area contributed by atoms with Crippen molar-refractivity contribution < 1.29 is 18.4 Å². The van der Waals surface area contributed by atoms with Crippen molar-refractivity contribution in [2.24, 2.45) is 0 Å². The van der Waals surface area contributed by atoms with Gasteiger partial charge in [0.2, 0.25) is 0 Å². The third-order valence-electron chi connectivity index (χ3n) is 3.87. The molecule has 0 aliphatic heterocycles. The summed E-state index contributed by atoms with van der Waals surface area (Å²) >= 11 is 0. The van der Waals surface area contributed by atoms with Crippen LogP contribution >= 0.6 is 0 Å². The summed E-state index contributed by atoms with van der Waals surface area (Å²) in [6.07, 6.45) is 0. The van der Waals surface area contributed by atoms with Gasteiger partial charge in [-0.25, -0.2) is 4.39 Å². The second kappa shape index (κ2) is 7.65. The Morgan fingerprint density at radius 2 is 1.69 bits per heavy atom. The first-order chi connectivity index (χ1) is 12.6. The van der Waals surface area contributed by atoms with Gasteiger partial charge >= 0.3 is 0 Å². The highest BCUT2D eigenvalue weighted by atomic mass is 19.1. The number of benzene rings is 2. The van der Waals surface area contributed by atoms with E-state index in [0.717, 1.165) is 5.56 Å². The maximum absolute atomic E-state index is 13.8. The van der Waals surface area contributed by atoms with E-state index in [1.165, 1.54) is 12.1 Å². The van der Waals surface area contributed by atoms with Crippen molar-refractivity contribution in [1.29, 1.82) is 0 Å². The summed E-state index contributed by atoms with van der Waals surface area (Å²) in [5, 5.41) is 5.27. The number of rotatable bonds is 5. The zero-order valence-electron chi connectivity index (χ0n) is 14.1. The molecule has 2 N–H and O–H groups in total. The highest BCUT2D eigenvalue weighted by Gasteiger charge is 2.14. The molecule has 1 aromatic heterocycles. The smallest absolute Gasteiger partial charge is 0.287 e. The van der Waals surface area contributed by atoms with Crippen LogP contribution < -0.4 is 10.6 Å². The zero-order chi connectivity index (χ0) is 18.5. The van der Waals surface area contributed by atoms with Gasteiger partial charge in [-0.1, -0.05) is 24.3 Å². The van der Waals surface area contributed by atoms with Gasteiger partial charge in [0.05, 0.1) is 5.56 Å². The summed E-state index contributed by atoms with van der Waals surface area (Å²) in [6.45, 7) is 0.280. The molecule has 1 heterocycles. The fourth-order valence-corrected chi connectivity index (χ4v) is 2.45. The Hall–Kier alpha value is -3.41. The fraction of sp³-hybridized carbons (Fsp3) is 0.100. The highest BCUT2D eigenvalue weighted by molar-refractivity contribution is 5.94. The van der Waals surface area contributed by atoms with Crippen LogP contribution in [0, 0.1) is 5.82 Å². The molecule has 2 aromatic carbocycles. The standard InChI is InChI=1S/C20H17FN2O3/c1-22-19(24)14-8-6-13(7-9-14)12-23-20(25)18-11-10-17(26-18)15-4-2-3-5-16(15)21/h2-11H,12H2,1H3,(H,22,24)(H,23,25). The first-order valence-corrected chi connectivity index (χ1v) is 8.02. The summed E-state index contributed by atoms with van der Waals surface area (Å²) in [6, 6.07) is 16.2. The van der Waals surface area contributed by atoms with Gasteiger partial charge in [0, 0.05) is 19.2 Å². The third-order valence-corrected chi connectivity index (χ3v) is 3.87. The predicted molar refractivity (Wildman–Crippen MR) is 95.1 cm³/mol. The molecule has 0 saturated carbocycles. The zero-order valence-corrected chi connectivity index (χ0v) is 14.1. The average molecular weight is 352 g/mol. The second-order valence-electron chi connectivity index (χ2n) is 5.60. The summed E-state index contributed by atoms with van der Waals surface area (Å²) in [5.74, 6) is -0.585. The van der Waals surface area contributed by atoms with E-state index in [-0.39, 0.29) is 18.2 Å². The lowest BCUT2D eigenvalue weighted by Gasteiger charge is -2.05. The van der Waals surface area contributed by atoms with Gasteiger partial charge in [-0.15, -0.1) is 0 Å². The first-order valence-electron chi connectivity index (χ1n) is 8.02. The number of amides is 2. The Kier molecular flexibility index (Phi) is 5.12. The van der Waals surface area contributed by atoms with Gasteiger partial charge in [0.15, 0.2) is 5.76 Å². The summed E-state index contributed by atoms with van der Waals surface area (Å²) in [7, 11) is 1.56. The summed E-state index contributed by atoms with van der Waals surface area (Å²) in [4.78, 5) is 23.7. The van der Waals surface area contributed by atoms with Gasteiger partial charge in [-0.2, -0.15) is 0 Å². The van der Waals surface area contributed by atoms with Crippen LogP contribution in [0.5, 0.6) is 0 Å². The molecule has 3 rings (SSSR count). The maximum atomic E-state index is 13.8. The Bertz CT molecular complexity index is 932. The van der Waals surface area contributed by atoms with E-state index >= 15 is 0 Å². The minimum Gasteiger partial charge on any atom is -0.451 e. The minimum atomic E-state index is -0.412. The van der Waals surface area contributed by atoms with Gasteiger partial charge in [-0.3, -0.25) is 9.59 Å². The lowest BCUT2D eigenvalue weighted by atomic mass is 10.1. The van der Waals surface area contributed by atoms with Crippen molar-refractivity contribution in [1.82, 2.24) is 10.6 Å². The molecule has 3 aromatic rings. The van der Waals surface area contributed by atoms with Crippen LogP contribution in [0.25, 0.3) is 11.3 Å². The van der Waals surface area contributed by atoms with E-state index in [9.17, 15) is 14.0 Å². The van der Waals surface area contributed by atoms with Crippen LogP contribution in [0.4, 0.5) is 4.39 Å². The van der Waals surface area contributed by atoms with E-state index in [4.69, 9.17) is 4.42 Å². The lowest BCUT2D eigenvalue weighted by molar-refractivity contribution is 0.0922. The molecule has 0 radical (unpaired) electrons. The topological polar surface area (TPSA) is 71.3 Å². The fourth-order valence-electron chi connectivity index (χ4n) is 2.45. The lowest BCUT2D eigenvalue weighted by Crippen LogP contribution is -2.22. The molecule has 132 valence electrons. The SMILES string of the molecule is CNC(=O)c1ccc(CNC(=O)c2ccc(-c3ccccc3F)o2)cc1. The molecule has 0 aliphatic rings. The number of carbonyl (C=O) groups is 2. The largest absolute Gasteiger partial charge is 0.451 e. The van der Waals surface area contributed by atoms with Crippen molar-refractivity contribution in [2.45, 2.75) is 6.54 Å². The molecule has 0 spiro atoms. The van der Waals surface area contributed by atoms with E-state index in [1.807, 2.05) is 0 Å².